The monoisotopic (exact) mass is 284 g/mol. The van der Waals surface area contributed by atoms with E-state index >= 15 is 0 Å². The number of nitrogen functional groups attached to an aromatic ring is 1. The molecule has 106 valence electrons. The summed E-state index contributed by atoms with van der Waals surface area (Å²) in [5.74, 6) is 0.353. The highest BCUT2D eigenvalue weighted by Crippen LogP contribution is 2.22. The largest absolute Gasteiger partial charge is 0.397 e. The van der Waals surface area contributed by atoms with Gasteiger partial charge in [-0.15, -0.1) is 0 Å². The van der Waals surface area contributed by atoms with E-state index < -0.39 is 0 Å². The lowest BCUT2D eigenvalue weighted by atomic mass is 10.1. The molecule has 0 aliphatic heterocycles. The Morgan fingerprint density at radius 2 is 2.11 bits per heavy atom. The SMILES string of the molecule is CC(C)CC(C)OCC(=O)Nc1ccc(Cl)c(N)c1. The Bertz CT molecular complexity index is 435. The van der Waals surface area contributed by atoms with Crippen molar-refractivity contribution < 1.29 is 9.53 Å². The summed E-state index contributed by atoms with van der Waals surface area (Å²) in [5, 5.41) is 3.19. The molecule has 0 aliphatic carbocycles. The van der Waals surface area contributed by atoms with E-state index in [9.17, 15) is 4.79 Å². The molecule has 4 nitrogen and oxygen atoms in total. The van der Waals surface area contributed by atoms with Gasteiger partial charge in [-0.25, -0.2) is 0 Å². The van der Waals surface area contributed by atoms with E-state index in [2.05, 4.69) is 19.2 Å². The molecule has 0 bridgehead atoms. The minimum Gasteiger partial charge on any atom is -0.397 e. The number of hydrogen-bond acceptors (Lipinski definition) is 3. The number of rotatable bonds is 6. The third kappa shape index (κ3) is 5.94. The van der Waals surface area contributed by atoms with Crippen LogP contribution >= 0.6 is 11.6 Å². The van der Waals surface area contributed by atoms with E-state index in [0.717, 1.165) is 6.42 Å². The van der Waals surface area contributed by atoms with Crippen molar-refractivity contribution in [3.8, 4) is 0 Å². The Balaban J connectivity index is 2.40. The molecule has 0 aliphatic rings. The molecule has 5 heteroatoms. The van der Waals surface area contributed by atoms with E-state index in [0.29, 0.717) is 22.3 Å². The van der Waals surface area contributed by atoms with Gasteiger partial charge in [-0.1, -0.05) is 25.4 Å². The molecule has 0 fully saturated rings. The zero-order valence-corrected chi connectivity index (χ0v) is 12.3. The highest BCUT2D eigenvalue weighted by Gasteiger charge is 2.09. The van der Waals surface area contributed by atoms with Crippen LogP contribution < -0.4 is 11.1 Å². The van der Waals surface area contributed by atoms with Gasteiger partial charge < -0.3 is 15.8 Å². The van der Waals surface area contributed by atoms with Crippen LogP contribution in [0.5, 0.6) is 0 Å². The van der Waals surface area contributed by atoms with Crippen molar-refractivity contribution in [3.05, 3.63) is 23.2 Å². The number of hydrogen-bond donors (Lipinski definition) is 2. The van der Waals surface area contributed by atoms with Crippen LogP contribution in [-0.2, 0) is 9.53 Å². The van der Waals surface area contributed by atoms with Crippen LogP contribution in [-0.4, -0.2) is 18.6 Å². The first kappa shape index (κ1) is 15.8. The molecule has 19 heavy (non-hydrogen) atoms. The number of ether oxygens (including phenoxy) is 1. The van der Waals surface area contributed by atoms with Gasteiger partial charge in [0.2, 0.25) is 5.91 Å². The topological polar surface area (TPSA) is 64.3 Å². The van der Waals surface area contributed by atoms with Crippen molar-refractivity contribution in [2.75, 3.05) is 17.7 Å². The fourth-order valence-corrected chi connectivity index (χ4v) is 1.89. The minimum atomic E-state index is -0.197. The predicted molar refractivity (Wildman–Crippen MR) is 79.4 cm³/mol. The zero-order valence-electron chi connectivity index (χ0n) is 11.6. The zero-order chi connectivity index (χ0) is 14.4. The van der Waals surface area contributed by atoms with Crippen LogP contribution in [0.4, 0.5) is 11.4 Å². The van der Waals surface area contributed by atoms with Gasteiger partial charge in [0.15, 0.2) is 0 Å². The quantitative estimate of drug-likeness (QED) is 0.788. The van der Waals surface area contributed by atoms with Crippen LogP contribution in [0.1, 0.15) is 27.2 Å². The normalized spacial score (nSPS) is 12.5. The van der Waals surface area contributed by atoms with Crippen molar-refractivity contribution >= 4 is 28.9 Å². The van der Waals surface area contributed by atoms with E-state index in [1.165, 1.54) is 0 Å². The molecule has 1 amide bonds. The summed E-state index contributed by atoms with van der Waals surface area (Å²) in [7, 11) is 0. The molecular weight excluding hydrogens is 264 g/mol. The Kier molecular flexibility index (Phi) is 6.12. The number of nitrogens with one attached hydrogen (secondary N) is 1. The third-order valence-electron chi connectivity index (χ3n) is 2.58. The number of nitrogens with two attached hydrogens (primary N) is 1. The third-order valence-corrected chi connectivity index (χ3v) is 2.93. The molecule has 1 aromatic rings. The number of carbonyl (C=O) groups excluding carboxylic acids is 1. The van der Waals surface area contributed by atoms with Crippen molar-refractivity contribution in [2.24, 2.45) is 5.92 Å². The molecule has 1 atom stereocenters. The maximum absolute atomic E-state index is 11.7. The van der Waals surface area contributed by atoms with E-state index in [-0.39, 0.29) is 18.6 Å². The van der Waals surface area contributed by atoms with Gasteiger partial charge in [-0.3, -0.25) is 4.79 Å². The molecule has 0 spiro atoms. The maximum Gasteiger partial charge on any atom is 0.250 e. The average molecular weight is 285 g/mol. The van der Waals surface area contributed by atoms with Gasteiger partial charge in [0.25, 0.3) is 0 Å². The molecule has 1 aromatic carbocycles. The number of carbonyl (C=O) groups is 1. The lowest BCUT2D eigenvalue weighted by Crippen LogP contribution is -2.22. The Labute approximate surface area is 119 Å². The van der Waals surface area contributed by atoms with Gasteiger partial charge in [-0.2, -0.15) is 0 Å². The lowest BCUT2D eigenvalue weighted by molar-refractivity contribution is -0.122. The smallest absolute Gasteiger partial charge is 0.250 e. The molecule has 0 aromatic heterocycles. The molecule has 1 unspecified atom stereocenters. The molecule has 0 saturated carbocycles. The average Bonchev–Trinajstić information content (AvgIpc) is 2.30. The van der Waals surface area contributed by atoms with Gasteiger partial charge in [-0.05, 0) is 37.5 Å². The first-order valence-corrected chi connectivity index (χ1v) is 6.72. The summed E-state index contributed by atoms with van der Waals surface area (Å²) in [5.41, 5.74) is 6.71. The van der Waals surface area contributed by atoms with Gasteiger partial charge >= 0.3 is 0 Å². The summed E-state index contributed by atoms with van der Waals surface area (Å²) in [6.07, 6.45) is 1.00. The summed E-state index contributed by atoms with van der Waals surface area (Å²) in [4.78, 5) is 11.7. The second-order valence-corrected chi connectivity index (χ2v) is 5.44. The Morgan fingerprint density at radius 1 is 1.42 bits per heavy atom. The standard InChI is InChI=1S/C14H21ClN2O2/c1-9(2)6-10(3)19-8-14(18)17-11-4-5-12(15)13(16)7-11/h4-5,7,9-10H,6,8,16H2,1-3H3,(H,17,18). The summed E-state index contributed by atoms with van der Waals surface area (Å²) >= 11 is 5.81. The van der Waals surface area contributed by atoms with Crippen LogP contribution in [0, 0.1) is 5.92 Å². The highest BCUT2D eigenvalue weighted by molar-refractivity contribution is 6.33. The molecule has 0 saturated heterocycles. The molecule has 1 rings (SSSR count). The summed E-state index contributed by atoms with van der Waals surface area (Å²) in [6.45, 7) is 6.25. The maximum atomic E-state index is 11.7. The highest BCUT2D eigenvalue weighted by atomic mass is 35.5. The number of anilines is 2. The van der Waals surface area contributed by atoms with Crippen LogP contribution in [0.15, 0.2) is 18.2 Å². The van der Waals surface area contributed by atoms with Gasteiger partial charge in [0.1, 0.15) is 6.61 Å². The fraction of sp³-hybridized carbons (Fsp3) is 0.500. The molecule has 3 N–H and O–H groups in total. The number of amides is 1. The molecule has 0 radical (unpaired) electrons. The van der Waals surface area contributed by atoms with Crippen molar-refractivity contribution in [1.82, 2.24) is 0 Å². The van der Waals surface area contributed by atoms with E-state index in [1.54, 1.807) is 18.2 Å². The number of benzene rings is 1. The van der Waals surface area contributed by atoms with Crippen molar-refractivity contribution in [2.45, 2.75) is 33.3 Å². The second kappa shape index (κ2) is 7.36. The predicted octanol–water partition coefficient (Wildman–Crippen LogP) is 3.31. The fourth-order valence-electron chi connectivity index (χ4n) is 1.77. The minimum absolute atomic E-state index is 0.0381. The second-order valence-electron chi connectivity index (χ2n) is 5.04. The Morgan fingerprint density at radius 3 is 2.68 bits per heavy atom. The van der Waals surface area contributed by atoms with E-state index in [4.69, 9.17) is 22.1 Å². The summed E-state index contributed by atoms with van der Waals surface area (Å²) in [6, 6.07) is 4.97. The van der Waals surface area contributed by atoms with Crippen molar-refractivity contribution in [1.29, 1.82) is 0 Å². The van der Waals surface area contributed by atoms with Gasteiger partial charge in [0.05, 0.1) is 16.8 Å². The van der Waals surface area contributed by atoms with Crippen LogP contribution in [0.25, 0.3) is 0 Å². The van der Waals surface area contributed by atoms with E-state index in [1.807, 2.05) is 6.92 Å². The Hall–Kier alpha value is -1.26. The first-order valence-electron chi connectivity index (χ1n) is 6.35. The van der Waals surface area contributed by atoms with Crippen LogP contribution in [0.3, 0.4) is 0 Å². The number of halogens is 1. The summed E-state index contributed by atoms with van der Waals surface area (Å²) < 4.78 is 5.47. The van der Waals surface area contributed by atoms with Crippen molar-refractivity contribution in [3.63, 3.8) is 0 Å². The van der Waals surface area contributed by atoms with Gasteiger partial charge in [0, 0.05) is 5.69 Å². The van der Waals surface area contributed by atoms with Crippen LogP contribution in [0.2, 0.25) is 5.02 Å². The molecular formula is C14H21ClN2O2. The molecule has 0 heterocycles. The first-order chi connectivity index (χ1) is 8.88. The lowest BCUT2D eigenvalue weighted by Gasteiger charge is -2.15.